The zero-order valence-corrected chi connectivity index (χ0v) is 24.0. The van der Waals surface area contributed by atoms with E-state index >= 15 is 0 Å². The number of rotatable bonds is 12. The fourth-order valence-electron chi connectivity index (χ4n) is 6.04. The van der Waals surface area contributed by atoms with E-state index in [1.807, 2.05) is 66.7 Å². The van der Waals surface area contributed by atoms with Crippen LogP contribution in [0, 0.1) is 11.8 Å². The van der Waals surface area contributed by atoms with E-state index in [4.69, 9.17) is 14.5 Å². The summed E-state index contributed by atoms with van der Waals surface area (Å²) in [5.74, 6) is -0.414. The van der Waals surface area contributed by atoms with Crippen molar-refractivity contribution >= 4 is 17.5 Å². The summed E-state index contributed by atoms with van der Waals surface area (Å²) in [5, 5.41) is 0. The second-order valence-electron chi connectivity index (χ2n) is 11.0. The second kappa shape index (κ2) is 12.3. The fraction of sp³-hybridized carbons (Fsp3) is 0.216. The minimum Gasteiger partial charge on any atom is -0.462 e. The van der Waals surface area contributed by atoms with Gasteiger partial charge in [-0.3, -0.25) is 9.59 Å². The molecule has 0 spiro atoms. The van der Waals surface area contributed by atoms with Crippen LogP contribution in [0.1, 0.15) is 67.5 Å². The van der Waals surface area contributed by atoms with Crippen LogP contribution in [0.2, 0.25) is 0 Å². The Labute approximate surface area is 250 Å². The summed E-state index contributed by atoms with van der Waals surface area (Å²) >= 11 is 0. The van der Waals surface area contributed by atoms with Gasteiger partial charge in [-0.05, 0) is 40.7 Å². The van der Waals surface area contributed by atoms with E-state index in [0.29, 0.717) is 46.4 Å². The Balaban J connectivity index is 1.04. The number of carbonyl (C=O) groups excluding carboxylic acids is 3. The van der Waals surface area contributed by atoms with Crippen molar-refractivity contribution in [3.8, 4) is 22.3 Å². The normalized spacial score (nSPS) is 14.0. The third-order valence-electron chi connectivity index (χ3n) is 8.38. The van der Waals surface area contributed by atoms with Crippen LogP contribution in [-0.4, -0.2) is 30.7 Å². The summed E-state index contributed by atoms with van der Waals surface area (Å²) in [6, 6.07) is 25.8. The second-order valence-corrected chi connectivity index (χ2v) is 11.0. The lowest BCUT2D eigenvalue weighted by Gasteiger charge is -2.20. The third kappa shape index (κ3) is 5.36. The SMILES string of the molecule is C=CC(COOCc1cccc2c1-c1ccccc1C2=O)CC(CC)COC(=O)c1cccc2c1-c1ccccc1C2=O. The van der Waals surface area contributed by atoms with Crippen molar-refractivity contribution in [2.75, 3.05) is 13.2 Å². The summed E-state index contributed by atoms with van der Waals surface area (Å²) in [5.41, 5.74) is 7.05. The Morgan fingerprint density at radius 2 is 1.30 bits per heavy atom. The van der Waals surface area contributed by atoms with Gasteiger partial charge in [-0.15, -0.1) is 6.58 Å². The monoisotopic (exact) mass is 572 g/mol. The quantitative estimate of drug-likeness (QED) is 0.0493. The average molecular weight is 573 g/mol. The molecule has 0 N–H and O–H groups in total. The van der Waals surface area contributed by atoms with Crippen LogP contribution >= 0.6 is 0 Å². The molecule has 6 nitrogen and oxygen atoms in total. The van der Waals surface area contributed by atoms with E-state index in [0.717, 1.165) is 28.7 Å². The summed E-state index contributed by atoms with van der Waals surface area (Å²) < 4.78 is 5.78. The maximum Gasteiger partial charge on any atom is 0.338 e. The van der Waals surface area contributed by atoms with Crippen molar-refractivity contribution in [1.82, 2.24) is 0 Å². The number of hydrogen-bond donors (Lipinski definition) is 0. The van der Waals surface area contributed by atoms with E-state index in [1.54, 1.807) is 24.3 Å². The molecule has 2 aliphatic rings. The van der Waals surface area contributed by atoms with Gasteiger partial charge in [-0.25, -0.2) is 14.6 Å². The Bertz CT molecular complexity index is 1740. The molecule has 43 heavy (non-hydrogen) atoms. The first-order valence-corrected chi connectivity index (χ1v) is 14.6. The third-order valence-corrected chi connectivity index (χ3v) is 8.38. The molecule has 2 unspecified atom stereocenters. The number of ketones is 2. The molecule has 0 amide bonds. The lowest BCUT2D eigenvalue weighted by atomic mass is 9.93. The van der Waals surface area contributed by atoms with Crippen LogP contribution in [-0.2, 0) is 21.1 Å². The molecule has 6 rings (SSSR count). The van der Waals surface area contributed by atoms with Crippen LogP contribution < -0.4 is 0 Å². The van der Waals surface area contributed by atoms with E-state index < -0.39 is 5.97 Å². The first-order chi connectivity index (χ1) is 21.0. The van der Waals surface area contributed by atoms with Gasteiger partial charge in [0.15, 0.2) is 11.6 Å². The van der Waals surface area contributed by atoms with Crippen molar-refractivity contribution < 1.29 is 28.9 Å². The Morgan fingerprint density at radius 1 is 0.721 bits per heavy atom. The maximum atomic E-state index is 13.2. The first kappa shape index (κ1) is 28.5. The number of ether oxygens (including phenoxy) is 1. The highest BCUT2D eigenvalue weighted by molar-refractivity contribution is 6.24. The molecule has 2 atom stereocenters. The molecule has 0 aromatic heterocycles. The predicted molar refractivity (Wildman–Crippen MR) is 164 cm³/mol. The molecule has 4 aromatic carbocycles. The molecule has 0 radical (unpaired) electrons. The zero-order chi connectivity index (χ0) is 29.9. The van der Waals surface area contributed by atoms with Crippen LogP contribution in [0.5, 0.6) is 0 Å². The number of esters is 1. The van der Waals surface area contributed by atoms with Gasteiger partial charge in [0.25, 0.3) is 0 Å². The Morgan fingerprint density at radius 3 is 1.95 bits per heavy atom. The highest BCUT2D eigenvalue weighted by Gasteiger charge is 2.31. The van der Waals surface area contributed by atoms with Crippen molar-refractivity contribution in [1.29, 1.82) is 0 Å². The Kier molecular flexibility index (Phi) is 8.14. The molecule has 2 aliphatic carbocycles. The van der Waals surface area contributed by atoms with Gasteiger partial charge >= 0.3 is 5.97 Å². The highest BCUT2D eigenvalue weighted by atomic mass is 17.2. The van der Waals surface area contributed by atoms with E-state index in [1.165, 1.54) is 0 Å². The van der Waals surface area contributed by atoms with Gasteiger partial charge in [0, 0.05) is 33.7 Å². The zero-order valence-electron chi connectivity index (χ0n) is 24.0. The predicted octanol–water partition coefficient (Wildman–Crippen LogP) is 7.63. The van der Waals surface area contributed by atoms with E-state index in [9.17, 15) is 14.4 Å². The summed E-state index contributed by atoms with van der Waals surface area (Å²) in [4.78, 5) is 50.0. The van der Waals surface area contributed by atoms with Gasteiger partial charge < -0.3 is 4.74 Å². The van der Waals surface area contributed by atoms with E-state index in [2.05, 4.69) is 13.5 Å². The molecule has 216 valence electrons. The smallest absolute Gasteiger partial charge is 0.338 e. The number of fused-ring (bicyclic) bond motifs is 6. The minimum atomic E-state index is -0.440. The number of benzene rings is 4. The van der Waals surface area contributed by atoms with Crippen LogP contribution in [0.3, 0.4) is 0 Å². The van der Waals surface area contributed by atoms with Crippen molar-refractivity contribution in [3.63, 3.8) is 0 Å². The maximum absolute atomic E-state index is 13.2. The van der Waals surface area contributed by atoms with Gasteiger partial charge in [0.05, 0.1) is 18.8 Å². The molecule has 4 aromatic rings. The highest BCUT2D eigenvalue weighted by Crippen LogP contribution is 2.40. The summed E-state index contributed by atoms with van der Waals surface area (Å²) in [6.45, 7) is 6.76. The average Bonchev–Trinajstić information content (AvgIpc) is 3.51. The molecular weight excluding hydrogens is 540 g/mol. The van der Waals surface area contributed by atoms with Gasteiger partial charge in [-0.2, -0.15) is 0 Å². The largest absolute Gasteiger partial charge is 0.462 e. The first-order valence-electron chi connectivity index (χ1n) is 14.6. The van der Waals surface area contributed by atoms with Gasteiger partial charge in [0.1, 0.15) is 6.61 Å². The topological polar surface area (TPSA) is 78.9 Å². The lowest BCUT2D eigenvalue weighted by Crippen LogP contribution is -2.19. The van der Waals surface area contributed by atoms with Crippen LogP contribution in [0.25, 0.3) is 22.3 Å². The molecule has 0 heterocycles. The fourth-order valence-corrected chi connectivity index (χ4v) is 6.04. The van der Waals surface area contributed by atoms with Gasteiger partial charge in [-0.1, -0.05) is 98.3 Å². The molecule has 0 saturated carbocycles. The van der Waals surface area contributed by atoms with Crippen LogP contribution in [0.15, 0.2) is 97.6 Å². The molecular formula is C37H32O6. The standard InChI is InChI=1S/C37H32O6/c1-3-23(20-41-37(40)32-18-10-17-31-34(32)27-13-6-8-15-29(27)36(31)39)19-24(4-2)21-42-43-22-25-11-9-16-30-33(25)26-12-5-7-14-28(26)35(30)38/h4-18,23-24H,2-3,19-22H2,1H3. The molecule has 0 bridgehead atoms. The van der Waals surface area contributed by atoms with Crippen molar-refractivity contribution in [2.45, 2.75) is 26.4 Å². The lowest BCUT2D eigenvalue weighted by molar-refractivity contribution is -0.308. The van der Waals surface area contributed by atoms with E-state index in [-0.39, 0.29) is 36.6 Å². The molecule has 0 saturated heterocycles. The minimum absolute atomic E-state index is 0.0158. The van der Waals surface area contributed by atoms with Crippen molar-refractivity contribution in [3.05, 3.63) is 131 Å². The van der Waals surface area contributed by atoms with Gasteiger partial charge in [0.2, 0.25) is 0 Å². The number of carbonyl (C=O) groups is 3. The van der Waals surface area contributed by atoms with Crippen molar-refractivity contribution in [2.24, 2.45) is 11.8 Å². The molecule has 0 aliphatic heterocycles. The van der Waals surface area contributed by atoms with Crippen LogP contribution in [0.4, 0.5) is 0 Å². The summed E-state index contributed by atoms with van der Waals surface area (Å²) in [6.07, 6.45) is 3.33. The Hall–Kier alpha value is -4.65. The number of hydrogen-bond acceptors (Lipinski definition) is 6. The summed E-state index contributed by atoms with van der Waals surface area (Å²) in [7, 11) is 0. The molecule has 0 fully saturated rings. The molecule has 6 heteroatoms.